The number of amides is 1. The van der Waals surface area contributed by atoms with Crippen LogP contribution in [-0.2, 0) is 16.0 Å². The molecule has 1 amide bonds. The van der Waals surface area contributed by atoms with Crippen LogP contribution in [0.25, 0.3) is 11.1 Å². The van der Waals surface area contributed by atoms with Gasteiger partial charge in [-0.25, -0.2) is 15.6 Å². The number of aliphatic hydroxyl groups excluding tert-OH is 1. The lowest BCUT2D eigenvalue weighted by Crippen LogP contribution is -2.49. The summed E-state index contributed by atoms with van der Waals surface area (Å²) in [7, 11) is 0. The van der Waals surface area contributed by atoms with Gasteiger partial charge in [0.1, 0.15) is 6.04 Å². The molecular weight excluding hydrogens is 396 g/mol. The van der Waals surface area contributed by atoms with Gasteiger partial charge in [0.05, 0.1) is 0 Å². The van der Waals surface area contributed by atoms with Crippen LogP contribution in [0.5, 0.6) is 0 Å². The van der Waals surface area contributed by atoms with Crippen LogP contribution in [0.1, 0.15) is 12.0 Å². The van der Waals surface area contributed by atoms with Gasteiger partial charge in [-0.3, -0.25) is 4.79 Å². The fraction of sp³-hybridized carbons (Fsp3) is 0.300. The Labute approximate surface area is 173 Å². The van der Waals surface area contributed by atoms with Gasteiger partial charge in [0.25, 0.3) is 0 Å². The number of hydrogen-bond donors (Lipinski definition) is 6. The number of carboxylic acid groups (broad SMARTS) is 1. The molecule has 2 aromatic carbocycles. The summed E-state index contributed by atoms with van der Waals surface area (Å²) in [4.78, 5) is 23.5. The van der Waals surface area contributed by atoms with Gasteiger partial charge in [0.2, 0.25) is 5.91 Å². The first-order valence-electron chi connectivity index (χ1n) is 9.22. The Morgan fingerprint density at radius 3 is 2.55 bits per heavy atom. The number of nitrogens with one attached hydrogen (secondary N) is 4. The van der Waals surface area contributed by atoms with Crippen molar-refractivity contribution in [2.75, 3.05) is 6.54 Å². The number of rotatable bonds is 8. The summed E-state index contributed by atoms with van der Waals surface area (Å²) in [6, 6.07) is 14.3. The average molecular weight is 419 g/mol. The summed E-state index contributed by atoms with van der Waals surface area (Å²) >= 11 is 6.46. The minimum absolute atomic E-state index is 0.134. The molecule has 3 rings (SSSR count). The van der Waals surface area contributed by atoms with E-state index in [4.69, 9.17) is 16.7 Å². The van der Waals surface area contributed by atoms with Crippen molar-refractivity contribution in [1.29, 1.82) is 0 Å². The fourth-order valence-electron chi connectivity index (χ4n) is 3.15. The lowest BCUT2D eigenvalue weighted by Gasteiger charge is -2.22. The SMILES string of the molecule is O=C(N[C@H](Cc1ccc(-c2ccccc2)cc1Cl)C[C@@H](O)C(=O)O)C1CNNN1. The Balaban J connectivity index is 1.75. The van der Waals surface area contributed by atoms with E-state index in [0.717, 1.165) is 16.7 Å². The zero-order valence-corrected chi connectivity index (χ0v) is 16.3. The van der Waals surface area contributed by atoms with Gasteiger partial charge in [-0.2, -0.15) is 5.53 Å². The highest BCUT2D eigenvalue weighted by atomic mass is 35.5. The van der Waals surface area contributed by atoms with E-state index in [1.165, 1.54) is 0 Å². The van der Waals surface area contributed by atoms with Crippen LogP contribution in [0, 0.1) is 0 Å². The van der Waals surface area contributed by atoms with E-state index in [1.54, 1.807) is 0 Å². The van der Waals surface area contributed by atoms with E-state index >= 15 is 0 Å². The van der Waals surface area contributed by atoms with E-state index in [-0.39, 0.29) is 18.7 Å². The van der Waals surface area contributed by atoms with Crippen LogP contribution in [0.2, 0.25) is 5.02 Å². The van der Waals surface area contributed by atoms with Crippen molar-refractivity contribution in [1.82, 2.24) is 21.7 Å². The molecular formula is C20H23ClN4O4. The van der Waals surface area contributed by atoms with Crippen LogP contribution in [0.15, 0.2) is 48.5 Å². The molecule has 3 atom stereocenters. The summed E-state index contributed by atoms with van der Waals surface area (Å²) < 4.78 is 0. The Kier molecular flexibility index (Phi) is 7.18. The molecule has 1 aliphatic rings. The molecule has 0 radical (unpaired) electrons. The number of aliphatic hydroxyl groups is 1. The molecule has 0 bridgehead atoms. The van der Waals surface area contributed by atoms with Crippen LogP contribution < -0.4 is 21.7 Å². The molecule has 154 valence electrons. The molecule has 1 fully saturated rings. The maximum Gasteiger partial charge on any atom is 0.332 e. The molecule has 0 aliphatic carbocycles. The summed E-state index contributed by atoms with van der Waals surface area (Å²) in [5.41, 5.74) is 10.9. The lowest BCUT2D eigenvalue weighted by atomic mass is 9.97. The normalized spacial score (nSPS) is 18.2. The molecule has 1 saturated heterocycles. The summed E-state index contributed by atoms with van der Waals surface area (Å²) in [6.45, 7) is 0.382. The van der Waals surface area contributed by atoms with Crippen molar-refractivity contribution in [3.63, 3.8) is 0 Å². The first-order chi connectivity index (χ1) is 13.9. The zero-order valence-electron chi connectivity index (χ0n) is 15.6. The predicted molar refractivity (Wildman–Crippen MR) is 109 cm³/mol. The van der Waals surface area contributed by atoms with Gasteiger partial charge in [0, 0.05) is 24.0 Å². The highest BCUT2D eigenvalue weighted by Crippen LogP contribution is 2.27. The van der Waals surface area contributed by atoms with E-state index in [1.807, 2.05) is 48.5 Å². The van der Waals surface area contributed by atoms with E-state index in [2.05, 4.69) is 21.7 Å². The highest BCUT2D eigenvalue weighted by molar-refractivity contribution is 6.31. The lowest BCUT2D eigenvalue weighted by molar-refractivity contribution is -0.147. The van der Waals surface area contributed by atoms with Crippen molar-refractivity contribution >= 4 is 23.5 Å². The Bertz CT molecular complexity index is 859. The van der Waals surface area contributed by atoms with Gasteiger partial charge >= 0.3 is 5.97 Å². The second kappa shape index (κ2) is 9.82. The standard InChI is InChI=1S/C20H23ClN4O4/c21-16-9-13(12-4-2-1-3-5-12)6-7-14(16)8-15(10-18(26)20(28)29)23-19(27)17-11-22-25-24-17/h1-7,9,15,17-18,22,24-26H,8,10-11H2,(H,23,27)(H,28,29)/t15-,17?,18-/m1/s1. The van der Waals surface area contributed by atoms with E-state index in [9.17, 15) is 14.7 Å². The van der Waals surface area contributed by atoms with E-state index < -0.39 is 24.2 Å². The number of halogens is 1. The molecule has 8 nitrogen and oxygen atoms in total. The van der Waals surface area contributed by atoms with Crippen LogP contribution in [0.4, 0.5) is 0 Å². The maximum absolute atomic E-state index is 12.4. The quantitative estimate of drug-likeness (QED) is 0.375. The van der Waals surface area contributed by atoms with Crippen LogP contribution >= 0.6 is 11.6 Å². The van der Waals surface area contributed by atoms with Crippen LogP contribution in [0.3, 0.4) is 0 Å². The minimum Gasteiger partial charge on any atom is -0.479 e. The number of carbonyl (C=O) groups is 2. The first-order valence-corrected chi connectivity index (χ1v) is 9.60. The number of carboxylic acids is 1. The Hall–Kier alpha value is -2.49. The van der Waals surface area contributed by atoms with Crippen molar-refractivity contribution < 1.29 is 19.8 Å². The van der Waals surface area contributed by atoms with Gasteiger partial charge in [0.15, 0.2) is 6.10 Å². The van der Waals surface area contributed by atoms with Crippen molar-refractivity contribution in [3.8, 4) is 11.1 Å². The third-order valence-corrected chi connectivity index (χ3v) is 5.08. The Morgan fingerprint density at radius 2 is 1.93 bits per heavy atom. The molecule has 0 aromatic heterocycles. The molecule has 9 heteroatoms. The topological polar surface area (TPSA) is 123 Å². The van der Waals surface area contributed by atoms with Crippen molar-refractivity contribution in [2.24, 2.45) is 0 Å². The molecule has 1 aliphatic heterocycles. The minimum atomic E-state index is -1.59. The average Bonchev–Trinajstić information content (AvgIpc) is 3.25. The molecule has 1 unspecified atom stereocenters. The van der Waals surface area contributed by atoms with Gasteiger partial charge in [-0.05, 0) is 29.2 Å². The summed E-state index contributed by atoms with van der Waals surface area (Å²) in [5, 5.41) is 22.1. The van der Waals surface area contributed by atoms with Crippen molar-refractivity contribution in [2.45, 2.75) is 31.0 Å². The second-order valence-corrected chi connectivity index (χ2v) is 7.28. The van der Waals surface area contributed by atoms with Gasteiger partial charge in [-0.1, -0.05) is 54.1 Å². The molecule has 0 saturated carbocycles. The van der Waals surface area contributed by atoms with Gasteiger partial charge < -0.3 is 15.5 Å². The number of aliphatic carboxylic acids is 1. The second-order valence-electron chi connectivity index (χ2n) is 6.87. The van der Waals surface area contributed by atoms with Crippen LogP contribution in [-0.4, -0.2) is 46.8 Å². The first kappa shape index (κ1) is 21.2. The number of hydrazine groups is 2. The predicted octanol–water partition coefficient (Wildman–Crippen LogP) is 0.851. The number of carbonyl (C=O) groups excluding carboxylic acids is 1. The number of hydrogen-bond acceptors (Lipinski definition) is 6. The highest BCUT2D eigenvalue weighted by Gasteiger charge is 2.27. The smallest absolute Gasteiger partial charge is 0.332 e. The van der Waals surface area contributed by atoms with E-state index in [0.29, 0.717) is 11.6 Å². The Morgan fingerprint density at radius 1 is 1.17 bits per heavy atom. The molecule has 6 N–H and O–H groups in total. The van der Waals surface area contributed by atoms with Crippen molar-refractivity contribution in [3.05, 3.63) is 59.1 Å². The third kappa shape index (κ3) is 5.75. The largest absolute Gasteiger partial charge is 0.479 e. The summed E-state index contributed by atoms with van der Waals surface area (Å²) in [5.74, 6) is -1.64. The third-order valence-electron chi connectivity index (χ3n) is 4.72. The number of benzene rings is 2. The molecule has 0 spiro atoms. The molecule has 29 heavy (non-hydrogen) atoms. The molecule has 1 heterocycles. The molecule has 2 aromatic rings. The zero-order chi connectivity index (χ0) is 20.8. The maximum atomic E-state index is 12.4. The van der Waals surface area contributed by atoms with Gasteiger partial charge in [-0.15, -0.1) is 0 Å². The summed E-state index contributed by atoms with van der Waals surface area (Å²) in [6.07, 6.45) is -1.43. The monoisotopic (exact) mass is 418 g/mol. The fourth-order valence-corrected chi connectivity index (χ4v) is 3.41.